The summed E-state index contributed by atoms with van der Waals surface area (Å²) in [6.07, 6.45) is 10.6. The summed E-state index contributed by atoms with van der Waals surface area (Å²) in [5.41, 5.74) is 1.31. The molecule has 3 rings (SSSR count). The van der Waals surface area contributed by atoms with Gasteiger partial charge in [0.1, 0.15) is 6.07 Å². The maximum atomic E-state index is 9.59. The van der Waals surface area contributed by atoms with E-state index < -0.39 is 0 Å². The van der Waals surface area contributed by atoms with E-state index in [2.05, 4.69) is 16.0 Å². The molecular weight excluding hydrogens is 373 g/mol. The van der Waals surface area contributed by atoms with E-state index in [0.29, 0.717) is 38.4 Å². The number of nitriles is 1. The van der Waals surface area contributed by atoms with Crippen molar-refractivity contribution in [3.63, 3.8) is 0 Å². The van der Waals surface area contributed by atoms with Crippen molar-refractivity contribution in [2.24, 2.45) is 0 Å². The molecule has 0 radical (unpaired) electrons. The van der Waals surface area contributed by atoms with Crippen molar-refractivity contribution in [3.05, 3.63) is 46.0 Å². The summed E-state index contributed by atoms with van der Waals surface area (Å²) in [6, 6.07) is 3.86. The molecule has 0 saturated heterocycles. The minimum absolute atomic E-state index is 0.165. The Balaban J connectivity index is 1.98. The Labute approximate surface area is 162 Å². The molecule has 2 aromatic rings. The first kappa shape index (κ1) is 18.5. The minimum atomic E-state index is 0.165. The molecule has 2 aromatic heterocycles. The van der Waals surface area contributed by atoms with Crippen molar-refractivity contribution in [3.8, 4) is 17.6 Å². The van der Waals surface area contributed by atoms with E-state index in [1.807, 2.05) is 0 Å². The van der Waals surface area contributed by atoms with Crippen molar-refractivity contribution in [2.45, 2.75) is 31.8 Å². The number of methoxy groups -OCH3 is 1. The zero-order valence-corrected chi connectivity index (χ0v) is 15.7. The van der Waals surface area contributed by atoms with E-state index >= 15 is 0 Å². The molecule has 1 fully saturated rings. The summed E-state index contributed by atoms with van der Waals surface area (Å²) in [5, 5.41) is 10.3. The van der Waals surface area contributed by atoms with Gasteiger partial charge in [-0.15, -0.1) is 0 Å². The molecule has 0 N–H and O–H groups in total. The lowest BCUT2D eigenvalue weighted by Crippen LogP contribution is -2.12. The second-order valence-corrected chi connectivity index (χ2v) is 6.75. The lowest BCUT2D eigenvalue weighted by molar-refractivity contribution is 0.200. The average molecular weight is 390 g/mol. The van der Waals surface area contributed by atoms with Gasteiger partial charge in [-0.3, -0.25) is 9.97 Å². The Bertz CT molecular complexity index is 851. The smallest absolute Gasteiger partial charge is 0.179 e. The number of hydrogen-bond donors (Lipinski definition) is 0. The van der Waals surface area contributed by atoms with E-state index in [9.17, 15) is 5.26 Å². The zero-order chi connectivity index (χ0) is 18.5. The summed E-state index contributed by atoms with van der Waals surface area (Å²) in [7, 11) is 1.57. The number of allylic oxidation sites excluding steroid dienone is 1. The predicted molar refractivity (Wildman–Crippen MR) is 101 cm³/mol. The third-order valence-electron chi connectivity index (χ3n) is 4.22. The van der Waals surface area contributed by atoms with Crippen LogP contribution >= 0.6 is 23.2 Å². The first-order chi connectivity index (χ1) is 12.6. The number of hydrogen-bond acceptors (Lipinski definition) is 5. The lowest BCUT2D eigenvalue weighted by Gasteiger charge is -2.16. The highest BCUT2D eigenvalue weighted by atomic mass is 35.5. The Morgan fingerprint density at radius 1 is 1.19 bits per heavy atom. The van der Waals surface area contributed by atoms with Crippen LogP contribution in [-0.4, -0.2) is 23.2 Å². The number of pyridine rings is 2. The van der Waals surface area contributed by atoms with E-state index in [-0.39, 0.29) is 6.10 Å². The summed E-state index contributed by atoms with van der Waals surface area (Å²) in [4.78, 5) is 8.23. The first-order valence-electron chi connectivity index (χ1n) is 8.24. The van der Waals surface area contributed by atoms with Crippen LogP contribution in [0.1, 0.15) is 36.9 Å². The van der Waals surface area contributed by atoms with E-state index in [4.69, 9.17) is 32.7 Å². The van der Waals surface area contributed by atoms with Gasteiger partial charge in [0.2, 0.25) is 0 Å². The standard InChI is InChI=1S/C19H17Cl2N3O2/c1-25-19-11-24-17(7-18(19)26-13-4-2-3-5-13)12(8-22)6-14-15(20)9-23-10-16(14)21/h6-7,9-11,13H,2-5H2,1H3/b12-6+. The van der Waals surface area contributed by atoms with Gasteiger partial charge in [-0.1, -0.05) is 23.2 Å². The van der Waals surface area contributed by atoms with E-state index in [1.54, 1.807) is 25.4 Å². The van der Waals surface area contributed by atoms with Crippen molar-refractivity contribution in [1.82, 2.24) is 9.97 Å². The van der Waals surface area contributed by atoms with Crippen LogP contribution in [-0.2, 0) is 0 Å². The summed E-state index contributed by atoms with van der Waals surface area (Å²) >= 11 is 12.3. The molecule has 26 heavy (non-hydrogen) atoms. The SMILES string of the molecule is COc1cnc(/C(C#N)=C/c2c(Cl)cncc2Cl)cc1OC1CCCC1. The Kier molecular flexibility index (Phi) is 5.97. The van der Waals surface area contributed by atoms with Crippen molar-refractivity contribution in [1.29, 1.82) is 5.26 Å². The van der Waals surface area contributed by atoms with Gasteiger partial charge in [-0.25, -0.2) is 0 Å². The molecule has 0 spiro atoms. The molecule has 0 aromatic carbocycles. The highest BCUT2D eigenvalue weighted by molar-refractivity contribution is 6.37. The normalized spacial score (nSPS) is 14.9. The molecule has 2 heterocycles. The molecule has 1 saturated carbocycles. The first-order valence-corrected chi connectivity index (χ1v) is 9.00. The summed E-state index contributed by atoms with van der Waals surface area (Å²) < 4.78 is 11.4. The molecule has 0 bridgehead atoms. The third-order valence-corrected chi connectivity index (χ3v) is 4.83. The van der Waals surface area contributed by atoms with Gasteiger partial charge < -0.3 is 9.47 Å². The lowest BCUT2D eigenvalue weighted by atomic mass is 10.1. The largest absolute Gasteiger partial charge is 0.491 e. The Morgan fingerprint density at radius 2 is 1.88 bits per heavy atom. The Hall–Kier alpha value is -2.29. The fourth-order valence-electron chi connectivity index (χ4n) is 2.87. The number of ether oxygens (including phenoxy) is 2. The van der Waals surface area contributed by atoms with E-state index in [0.717, 1.165) is 25.7 Å². The molecule has 0 amide bonds. The van der Waals surface area contributed by atoms with Gasteiger partial charge in [0.05, 0.1) is 40.7 Å². The maximum Gasteiger partial charge on any atom is 0.179 e. The molecule has 1 aliphatic rings. The van der Waals surface area contributed by atoms with Gasteiger partial charge in [-0.05, 0) is 31.8 Å². The fraction of sp³-hybridized carbons (Fsp3) is 0.316. The Morgan fingerprint density at radius 3 is 2.50 bits per heavy atom. The van der Waals surface area contributed by atoms with E-state index in [1.165, 1.54) is 12.4 Å². The van der Waals surface area contributed by atoms with Gasteiger partial charge in [0.15, 0.2) is 11.5 Å². The fourth-order valence-corrected chi connectivity index (χ4v) is 3.34. The predicted octanol–water partition coefficient (Wildman–Crippen LogP) is 5.18. The molecule has 1 aliphatic carbocycles. The molecule has 5 nitrogen and oxygen atoms in total. The number of rotatable bonds is 5. The van der Waals surface area contributed by atoms with Crippen LogP contribution < -0.4 is 9.47 Å². The van der Waals surface area contributed by atoms with Crippen molar-refractivity contribution in [2.75, 3.05) is 7.11 Å². The quantitative estimate of drug-likeness (QED) is 0.659. The maximum absolute atomic E-state index is 9.59. The molecule has 0 atom stereocenters. The molecule has 7 heteroatoms. The van der Waals surface area contributed by atoms with Gasteiger partial charge in [-0.2, -0.15) is 5.26 Å². The van der Waals surface area contributed by atoms with Crippen LogP contribution in [0.3, 0.4) is 0 Å². The van der Waals surface area contributed by atoms with Crippen LogP contribution in [0.4, 0.5) is 0 Å². The van der Waals surface area contributed by atoms with Crippen LogP contribution in [0, 0.1) is 11.3 Å². The van der Waals surface area contributed by atoms with Crippen molar-refractivity contribution >= 4 is 34.9 Å². The second kappa shape index (κ2) is 8.39. The summed E-state index contributed by atoms with van der Waals surface area (Å²) in [6.45, 7) is 0. The summed E-state index contributed by atoms with van der Waals surface area (Å²) in [5.74, 6) is 1.12. The third kappa shape index (κ3) is 4.09. The zero-order valence-electron chi connectivity index (χ0n) is 14.2. The highest BCUT2D eigenvalue weighted by Crippen LogP contribution is 2.34. The van der Waals surface area contributed by atoms with Crippen LogP contribution in [0.5, 0.6) is 11.5 Å². The highest BCUT2D eigenvalue weighted by Gasteiger charge is 2.20. The average Bonchev–Trinajstić information content (AvgIpc) is 3.15. The number of aromatic nitrogens is 2. The van der Waals surface area contributed by atoms with Gasteiger partial charge in [0, 0.05) is 24.0 Å². The molecular formula is C19H17Cl2N3O2. The number of halogens is 2. The van der Waals surface area contributed by atoms with Gasteiger partial charge in [0.25, 0.3) is 0 Å². The topological polar surface area (TPSA) is 68.0 Å². The minimum Gasteiger partial charge on any atom is -0.491 e. The van der Waals surface area contributed by atoms with Crippen molar-refractivity contribution < 1.29 is 9.47 Å². The van der Waals surface area contributed by atoms with Crippen LogP contribution in [0.2, 0.25) is 10.0 Å². The second-order valence-electron chi connectivity index (χ2n) is 5.93. The molecule has 134 valence electrons. The molecule has 0 aliphatic heterocycles. The molecule has 0 unspecified atom stereocenters. The van der Waals surface area contributed by atoms with Crippen LogP contribution in [0.25, 0.3) is 11.6 Å². The monoisotopic (exact) mass is 389 g/mol. The van der Waals surface area contributed by atoms with Crippen LogP contribution in [0.15, 0.2) is 24.7 Å². The van der Waals surface area contributed by atoms with Gasteiger partial charge >= 0.3 is 0 Å². The number of nitrogens with zero attached hydrogens (tertiary/aromatic N) is 3.